The van der Waals surface area contributed by atoms with E-state index in [-0.39, 0.29) is 18.6 Å². The summed E-state index contributed by atoms with van der Waals surface area (Å²) in [6.45, 7) is 4.26. The summed E-state index contributed by atoms with van der Waals surface area (Å²) < 4.78 is 5.76. The van der Waals surface area contributed by atoms with Crippen molar-refractivity contribution in [3.63, 3.8) is 0 Å². The number of carbonyl (C=O) groups excluding carboxylic acids is 1. The van der Waals surface area contributed by atoms with E-state index < -0.39 is 0 Å². The summed E-state index contributed by atoms with van der Waals surface area (Å²) in [7, 11) is 0. The van der Waals surface area contributed by atoms with E-state index in [1.54, 1.807) is 6.07 Å². The Labute approximate surface area is 120 Å². The van der Waals surface area contributed by atoms with Crippen molar-refractivity contribution in [1.29, 1.82) is 0 Å². The van der Waals surface area contributed by atoms with Crippen LogP contribution in [0.2, 0.25) is 0 Å². The molecular weight excluding hydrogens is 252 g/mol. The fourth-order valence-corrected chi connectivity index (χ4v) is 2.67. The van der Waals surface area contributed by atoms with Crippen molar-refractivity contribution < 1.29 is 9.53 Å². The zero-order chi connectivity index (χ0) is 14.5. The van der Waals surface area contributed by atoms with Gasteiger partial charge in [0.15, 0.2) is 0 Å². The van der Waals surface area contributed by atoms with Gasteiger partial charge in [0.25, 0.3) is 0 Å². The van der Waals surface area contributed by atoms with E-state index >= 15 is 0 Å². The number of hydrogen-bond acceptors (Lipinski definition) is 3. The zero-order valence-corrected chi connectivity index (χ0v) is 12.3. The van der Waals surface area contributed by atoms with Gasteiger partial charge in [0, 0.05) is 11.4 Å². The molecule has 0 aliphatic heterocycles. The van der Waals surface area contributed by atoms with Crippen LogP contribution in [0.15, 0.2) is 18.2 Å². The molecule has 0 aromatic heterocycles. The molecule has 1 fully saturated rings. The maximum Gasteiger partial charge on any atom is 0.250 e. The third kappa shape index (κ3) is 3.97. The molecule has 0 spiro atoms. The maximum absolute atomic E-state index is 11.9. The minimum atomic E-state index is -0.114. The minimum Gasteiger partial charge on any atom is -0.399 e. The van der Waals surface area contributed by atoms with Crippen LogP contribution >= 0.6 is 0 Å². The molecule has 1 saturated carbocycles. The van der Waals surface area contributed by atoms with Gasteiger partial charge in [0.1, 0.15) is 6.61 Å². The number of ether oxygens (including phenoxy) is 1. The number of nitrogens with one attached hydrogen (secondary N) is 1. The van der Waals surface area contributed by atoms with Crippen LogP contribution in [-0.4, -0.2) is 18.6 Å². The van der Waals surface area contributed by atoms with E-state index in [0.717, 1.165) is 17.7 Å². The van der Waals surface area contributed by atoms with Crippen LogP contribution in [0.25, 0.3) is 0 Å². The Morgan fingerprint density at radius 3 is 2.90 bits per heavy atom. The molecule has 0 heterocycles. The molecule has 0 saturated heterocycles. The summed E-state index contributed by atoms with van der Waals surface area (Å²) >= 11 is 0. The van der Waals surface area contributed by atoms with E-state index in [2.05, 4.69) is 12.2 Å². The third-order valence-corrected chi connectivity index (χ3v) is 4.00. The van der Waals surface area contributed by atoms with Crippen molar-refractivity contribution in [3.05, 3.63) is 23.8 Å². The van der Waals surface area contributed by atoms with Crippen LogP contribution in [0, 0.1) is 12.8 Å². The lowest BCUT2D eigenvalue weighted by atomic mass is 9.88. The highest BCUT2D eigenvalue weighted by molar-refractivity contribution is 5.92. The molecule has 1 aromatic carbocycles. The quantitative estimate of drug-likeness (QED) is 0.830. The van der Waals surface area contributed by atoms with E-state index in [9.17, 15) is 4.79 Å². The lowest BCUT2D eigenvalue weighted by molar-refractivity contribution is -0.124. The standard InChI is InChI=1S/C16H24N2O2/c1-11-7-8-13(17)9-14(11)18-16(19)10-20-15-6-4-3-5-12(15)2/h7-9,12,15H,3-6,10,17H2,1-2H3,(H,18,19). The Hall–Kier alpha value is -1.55. The molecule has 2 atom stereocenters. The number of aryl methyl sites for hydroxylation is 1. The SMILES string of the molecule is Cc1ccc(N)cc1NC(=O)COC1CCCCC1C. The summed E-state index contributed by atoms with van der Waals surface area (Å²) in [4.78, 5) is 11.9. The molecule has 110 valence electrons. The summed E-state index contributed by atoms with van der Waals surface area (Å²) in [5.74, 6) is 0.433. The normalized spacial score (nSPS) is 22.5. The summed E-state index contributed by atoms with van der Waals surface area (Å²) in [5.41, 5.74) is 8.13. The molecule has 20 heavy (non-hydrogen) atoms. The fourth-order valence-electron chi connectivity index (χ4n) is 2.67. The van der Waals surface area contributed by atoms with Crippen LogP contribution < -0.4 is 11.1 Å². The summed E-state index contributed by atoms with van der Waals surface area (Å²) in [6, 6.07) is 5.50. The van der Waals surface area contributed by atoms with Crippen molar-refractivity contribution in [2.75, 3.05) is 17.7 Å². The molecule has 2 unspecified atom stereocenters. The van der Waals surface area contributed by atoms with Crippen LogP contribution in [0.1, 0.15) is 38.2 Å². The minimum absolute atomic E-state index is 0.114. The molecule has 1 amide bonds. The molecule has 4 heteroatoms. The smallest absolute Gasteiger partial charge is 0.250 e. The first-order valence-electron chi connectivity index (χ1n) is 7.34. The number of anilines is 2. The maximum atomic E-state index is 11.9. The summed E-state index contributed by atoms with van der Waals surface area (Å²) in [5, 5.41) is 2.86. The Morgan fingerprint density at radius 2 is 2.15 bits per heavy atom. The van der Waals surface area contributed by atoms with Gasteiger partial charge in [-0.1, -0.05) is 25.8 Å². The lowest BCUT2D eigenvalue weighted by Gasteiger charge is -2.28. The van der Waals surface area contributed by atoms with Gasteiger partial charge in [-0.05, 0) is 43.4 Å². The van der Waals surface area contributed by atoms with Gasteiger partial charge in [-0.25, -0.2) is 0 Å². The average Bonchev–Trinajstić information content (AvgIpc) is 2.42. The van der Waals surface area contributed by atoms with E-state index in [0.29, 0.717) is 11.6 Å². The zero-order valence-electron chi connectivity index (χ0n) is 12.3. The largest absolute Gasteiger partial charge is 0.399 e. The van der Waals surface area contributed by atoms with Crippen LogP contribution in [0.5, 0.6) is 0 Å². The van der Waals surface area contributed by atoms with Crippen molar-refractivity contribution in [2.45, 2.75) is 45.6 Å². The number of amides is 1. The van der Waals surface area contributed by atoms with E-state index in [1.165, 1.54) is 19.3 Å². The number of rotatable bonds is 4. The molecule has 4 nitrogen and oxygen atoms in total. The first-order valence-corrected chi connectivity index (χ1v) is 7.34. The average molecular weight is 276 g/mol. The fraction of sp³-hybridized carbons (Fsp3) is 0.562. The molecule has 1 aliphatic carbocycles. The van der Waals surface area contributed by atoms with Crippen LogP contribution in [0.4, 0.5) is 11.4 Å². The van der Waals surface area contributed by atoms with Gasteiger partial charge in [-0.2, -0.15) is 0 Å². The van der Waals surface area contributed by atoms with Gasteiger partial charge in [0.05, 0.1) is 6.10 Å². The van der Waals surface area contributed by atoms with Gasteiger partial charge >= 0.3 is 0 Å². The Bertz CT molecular complexity index is 474. The second-order valence-corrected chi connectivity index (χ2v) is 5.73. The highest BCUT2D eigenvalue weighted by Crippen LogP contribution is 2.26. The number of nitrogens with two attached hydrogens (primary N) is 1. The molecule has 0 bridgehead atoms. The predicted octanol–water partition coefficient (Wildman–Crippen LogP) is 3.11. The first kappa shape index (κ1) is 14.9. The number of carbonyl (C=O) groups is 1. The van der Waals surface area contributed by atoms with Crippen molar-refractivity contribution >= 4 is 17.3 Å². The van der Waals surface area contributed by atoms with E-state index in [4.69, 9.17) is 10.5 Å². The van der Waals surface area contributed by atoms with Crippen LogP contribution in [-0.2, 0) is 9.53 Å². The highest BCUT2D eigenvalue weighted by Gasteiger charge is 2.22. The molecule has 2 rings (SSSR count). The number of hydrogen-bond donors (Lipinski definition) is 2. The van der Waals surface area contributed by atoms with Gasteiger partial charge in [0.2, 0.25) is 5.91 Å². The third-order valence-electron chi connectivity index (χ3n) is 4.00. The predicted molar refractivity (Wildman–Crippen MR) is 81.6 cm³/mol. The second kappa shape index (κ2) is 6.75. The Balaban J connectivity index is 1.84. The van der Waals surface area contributed by atoms with Crippen molar-refractivity contribution in [1.82, 2.24) is 0 Å². The lowest BCUT2D eigenvalue weighted by Crippen LogP contribution is -2.29. The van der Waals surface area contributed by atoms with Crippen LogP contribution in [0.3, 0.4) is 0 Å². The van der Waals surface area contributed by atoms with Crippen molar-refractivity contribution in [2.24, 2.45) is 5.92 Å². The van der Waals surface area contributed by atoms with E-state index in [1.807, 2.05) is 19.1 Å². The topological polar surface area (TPSA) is 64.3 Å². The Morgan fingerprint density at radius 1 is 1.40 bits per heavy atom. The molecule has 1 aliphatic rings. The van der Waals surface area contributed by atoms with Gasteiger partial charge in [-0.3, -0.25) is 4.79 Å². The highest BCUT2D eigenvalue weighted by atomic mass is 16.5. The second-order valence-electron chi connectivity index (χ2n) is 5.73. The number of benzene rings is 1. The van der Waals surface area contributed by atoms with Crippen molar-refractivity contribution in [3.8, 4) is 0 Å². The Kier molecular flexibility index (Phi) is 5.01. The molecule has 1 aromatic rings. The monoisotopic (exact) mass is 276 g/mol. The molecular formula is C16H24N2O2. The molecule has 3 N–H and O–H groups in total. The van der Waals surface area contributed by atoms with Gasteiger partial charge in [-0.15, -0.1) is 0 Å². The molecule has 0 radical (unpaired) electrons. The number of nitrogen functional groups attached to an aromatic ring is 1. The summed E-state index contributed by atoms with van der Waals surface area (Å²) in [6.07, 6.45) is 4.95. The first-order chi connectivity index (χ1) is 9.56. The van der Waals surface area contributed by atoms with Gasteiger partial charge < -0.3 is 15.8 Å².